The summed E-state index contributed by atoms with van der Waals surface area (Å²) in [6, 6.07) is 9.70. The molecule has 21 heavy (non-hydrogen) atoms. The zero-order chi connectivity index (χ0) is 14.6. The topological polar surface area (TPSA) is 68.9 Å². The van der Waals surface area contributed by atoms with Crippen LogP contribution in [0.4, 0.5) is 0 Å². The van der Waals surface area contributed by atoms with Gasteiger partial charge in [0.2, 0.25) is 0 Å². The summed E-state index contributed by atoms with van der Waals surface area (Å²) in [5, 5.41) is 3.05. The smallest absolute Gasteiger partial charge is 0.188 e. The summed E-state index contributed by atoms with van der Waals surface area (Å²) in [5.41, 5.74) is 5.77. The Kier molecular flexibility index (Phi) is 12.1. The lowest BCUT2D eigenvalue weighted by Gasteiger charge is -2.13. The lowest BCUT2D eigenvalue weighted by molar-refractivity contribution is 0.145. The number of hydrogen-bond donors (Lipinski definition) is 2. The minimum Gasteiger partial charge on any atom is -0.489 e. The van der Waals surface area contributed by atoms with Crippen molar-refractivity contribution in [2.75, 3.05) is 26.3 Å². The van der Waals surface area contributed by atoms with Crippen LogP contribution in [0.1, 0.15) is 20.3 Å². The Balaban J connectivity index is 0.00000400. The number of nitrogens with zero attached hydrogens (tertiary/aromatic N) is 1. The summed E-state index contributed by atoms with van der Waals surface area (Å²) in [4.78, 5) is 4.26. The van der Waals surface area contributed by atoms with E-state index in [4.69, 9.17) is 15.2 Å². The fourth-order valence-electron chi connectivity index (χ4n) is 1.59. The molecule has 0 saturated heterocycles. The number of guanidine groups is 1. The van der Waals surface area contributed by atoms with Crippen LogP contribution in [0.5, 0.6) is 5.75 Å². The number of benzene rings is 1. The van der Waals surface area contributed by atoms with E-state index >= 15 is 0 Å². The van der Waals surface area contributed by atoms with E-state index < -0.39 is 0 Å². The molecule has 0 aromatic heterocycles. The van der Waals surface area contributed by atoms with Gasteiger partial charge in [-0.25, -0.2) is 4.99 Å². The highest BCUT2D eigenvalue weighted by Gasteiger charge is 2.02. The Morgan fingerprint density at radius 1 is 1.33 bits per heavy atom. The molecule has 0 aliphatic heterocycles. The standard InChI is InChI=1S/C15H25N3O2.HI/c1-3-19-11-7-10-17-15(16)18-12-13(2)20-14-8-5-4-6-9-14;/h4-6,8-9,13H,3,7,10-12H2,1-2H3,(H3,16,17,18);1H. The van der Waals surface area contributed by atoms with Crippen LogP contribution in [-0.4, -0.2) is 38.4 Å². The molecule has 3 N–H and O–H groups in total. The first-order valence-corrected chi connectivity index (χ1v) is 7.05. The molecule has 0 aliphatic rings. The average Bonchev–Trinajstić information content (AvgIpc) is 2.46. The summed E-state index contributed by atoms with van der Waals surface area (Å²) < 4.78 is 11.0. The van der Waals surface area contributed by atoms with Gasteiger partial charge < -0.3 is 20.5 Å². The number of ether oxygens (including phenoxy) is 2. The van der Waals surface area contributed by atoms with Crippen molar-refractivity contribution in [1.82, 2.24) is 5.32 Å². The molecule has 120 valence electrons. The summed E-state index contributed by atoms with van der Waals surface area (Å²) in [5.74, 6) is 1.29. The Morgan fingerprint density at radius 2 is 2.05 bits per heavy atom. The molecule has 1 rings (SSSR count). The van der Waals surface area contributed by atoms with E-state index in [-0.39, 0.29) is 30.1 Å². The first-order chi connectivity index (χ1) is 9.72. The molecule has 6 heteroatoms. The van der Waals surface area contributed by atoms with E-state index in [1.807, 2.05) is 44.2 Å². The van der Waals surface area contributed by atoms with Crippen molar-refractivity contribution in [3.63, 3.8) is 0 Å². The van der Waals surface area contributed by atoms with Crippen LogP contribution in [0, 0.1) is 0 Å². The average molecular weight is 407 g/mol. The van der Waals surface area contributed by atoms with Gasteiger partial charge in [-0.1, -0.05) is 18.2 Å². The van der Waals surface area contributed by atoms with Crippen molar-refractivity contribution in [2.24, 2.45) is 10.7 Å². The summed E-state index contributed by atoms with van der Waals surface area (Å²) in [6.07, 6.45) is 0.904. The van der Waals surface area contributed by atoms with Crippen LogP contribution in [0.3, 0.4) is 0 Å². The van der Waals surface area contributed by atoms with Gasteiger partial charge in [0.05, 0.1) is 6.54 Å². The molecular formula is C15H26IN3O2. The summed E-state index contributed by atoms with van der Waals surface area (Å²) in [6.45, 7) is 6.74. The zero-order valence-electron chi connectivity index (χ0n) is 12.7. The van der Waals surface area contributed by atoms with E-state index in [1.54, 1.807) is 0 Å². The Labute approximate surface area is 144 Å². The third-order valence-electron chi connectivity index (χ3n) is 2.57. The molecule has 1 unspecified atom stereocenters. The molecule has 1 aromatic rings. The minimum atomic E-state index is -0.0128. The second-order valence-electron chi connectivity index (χ2n) is 4.44. The normalized spacial score (nSPS) is 12.4. The molecule has 0 fully saturated rings. The molecule has 0 saturated carbocycles. The second-order valence-corrected chi connectivity index (χ2v) is 4.44. The van der Waals surface area contributed by atoms with Crippen LogP contribution in [0.15, 0.2) is 35.3 Å². The van der Waals surface area contributed by atoms with Crippen molar-refractivity contribution in [1.29, 1.82) is 0 Å². The molecule has 1 aromatic carbocycles. The number of halogens is 1. The largest absolute Gasteiger partial charge is 0.489 e. The maximum atomic E-state index is 5.77. The number of para-hydroxylation sites is 1. The van der Waals surface area contributed by atoms with Crippen molar-refractivity contribution < 1.29 is 9.47 Å². The van der Waals surface area contributed by atoms with E-state index in [1.165, 1.54) is 0 Å². The minimum absolute atomic E-state index is 0. The van der Waals surface area contributed by atoms with E-state index in [0.717, 1.165) is 31.9 Å². The second kappa shape index (κ2) is 12.7. The van der Waals surface area contributed by atoms with Gasteiger partial charge in [-0.05, 0) is 32.4 Å². The van der Waals surface area contributed by atoms with Crippen molar-refractivity contribution in [2.45, 2.75) is 26.4 Å². The molecule has 0 bridgehead atoms. The quantitative estimate of drug-likeness (QED) is 0.286. The van der Waals surface area contributed by atoms with Gasteiger partial charge >= 0.3 is 0 Å². The predicted octanol–water partition coefficient (Wildman–Crippen LogP) is 2.40. The van der Waals surface area contributed by atoms with Crippen molar-refractivity contribution >= 4 is 29.9 Å². The molecule has 1 atom stereocenters. The maximum absolute atomic E-state index is 5.77. The SMILES string of the molecule is CCOCCCNC(N)=NCC(C)Oc1ccccc1.I. The van der Waals surface area contributed by atoms with Crippen LogP contribution < -0.4 is 15.8 Å². The number of nitrogens with two attached hydrogens (primary N) is 1. The van der Waals surface area contributed by atoms with Gasteiger partial charge in [0.1, 0.15) is 11.9 Å². The fourth-order valence-corrected chi connectivity index (χ4v) is 1.59. The van der Waals surface area contributed by atoms with Gasteiger partial charge in [0, 0.05) is 19.8 Å². The number of hydrogen-bond acceptors (Lipinski definition) is 3. The third-order valence-corrected chi connectivity index (χ3v) is 2.57. The third kappa shape index (κ3) is 10.4. The van der Waals surface area contributed by atoms with Crippen LogP contribution in [0.25, 0.3) is 0 Å². The number of nitrogens with one attached hydrogen (secondary N) is 1. The number of rotatable bonds is 9. The first-order valence-electron chi connectivity index (χ1n) is 7.05. The predicted molar refractivity (Wildman–Crippen MR) is 97.5 cm³/mol. The Hall–Kier alpha value is -1.02. The fraction of sp³-hybridized carbons (Fsp3) is 0.533. The molecule has 0 spiro atoms. The van der Waals surface area contributed by atoms with Gasteiger partial charge in [0.25, 0.3) is 0 Å². The zero-order valence-corrected chi connectivity index (χ0v) is 15.1. The summed E-state index contributed by atoms with van der Waals surface area (Å²) in [7, 11) is 0. The van der Waals surface area contributed by atoms with E-state index in [2.05, 4.69) is 10.3 Å². The van der Waals surface area contributed by atoms with Gasteiger partial charge in [-0.2, -0.15) is 0 Å². The Morgan fingerprint density at radius 3 is 2.71 bits per heavy atom. The first kappa shape index (κ1) is 20.0. The van der Waals surface area contributed by atoms with E-state index in [9.17, 15) is 0 Å². The van der Waals surface area contributed by atoms with Gasteiger partial charge in [0.15, 0.2) is 5.96 Å². The molecule has 0 amide bonds. The van der Waals surface area contributed by atoms with Crippen LogP contribution in [0.2, 0.25) is 0 Å². The molecule has 0 aliphatic carbocycles. The molecule has 0 radical (unpaired) electrons. The Bertz CT molecular complexity index is 388. The lowest BCUT2D eigenvalue weighted by Crippen LogP contribution is -2.34. The monoisotopic (exact) mass is 407 g/mol. The highest BCUT2D eigenvalue weighted by Crippen LogP contribution is 2.10. The van der Waals surface area contributed by atoms with Crippen molar-refractivity contribution in [3.8, 4) is 5.75 Å². The van der Waals surface area contributed by atoms with Crippen molar-refractivity contribution in [3.05, 3.63) is 30.3 Å². The van der Waals surface area contributed by atoms with Crippen LogP contribution in [-0.2, 0) is 4.74 Å². The highest BCUT2D eigenvalue weighted by atomic mass is 127. The molecular weight excluding hydrogens is 381 g/mol. The molecule has 5 nitrogen and oxygen atoms in total. The summed E-state index contributed by atoms with van der Waals surface area (Å²) >= 11 is 0. The van der Waals surface area contributed by atoms with Crippen LogP contribution >= 0.6 is 24.0 Å². The lowest BCUT2D eigenvalue weighted by atomic mass is 10.3. The van der Waals surface area contributed by atoms with Gasteiger partial charge in [-0.3, -0.25) is 0 Å². The van der Waals surface area contributed by atoms with Gasteiger partial charge in [-0.15, -0.1) is 24.0 Å². The number of aliphatic imine (C=N–C) groups is 1. The molecule has 0 heterocycles. The highest BCUT2D eigenvalue weighted by molar-refractivity contribution is 14.0. The maximum Gasteiger partial charge on any atom is 0.188 e. The van der Waals surface area contributed by atoms with E-state index in [0.29, 0.717) is 12.5 Å².